The van der Waals surface area contributed by atoms with Crippen LogP contribution in [0.5, 0.6) is 5.75 Å². The molecule has 4 nitrogen and oxygen atoms in total. The van der Waals surface area contributed by atoms with Crippen molar-refractivity contribution < 1.29 is 14.3 Å². The van der Waals surface area contributed by atoms with Gasteiger partial charge in [0.05, 0.1) is 20.1 Å². The quantitative estimate of drug-likeness (QED) is 0.839. The lowest BCUT2D eigenvalue weighted by molar-refractivity contribution is -0.148. The number of esters is 1. The number of rotatable bonds is 4. The standard InChI is InChI=1S/C15H21NO3/c1-18-13-5-3-11(4-6-13)9-12-7-8-16-10-14(12)15(17)19-2/h3-6,12,14,16H,7-10H2,1-2H3/t12-,14-/m0/s1. The molecule has 0 spiro atoms. The molecule has 19 heavy (non-hydrogen) atoms. The average molecular weight is 263 g/mol. The maximum atomic E-state index is 11.8. The molecular formula is C15H21NO3. The molecule has 4 heteroatoms. The van der Waals surface area contributed by atoms with Gasteiger partial charge in [-0.05, 0) is 43.0 Å². The molecule has 2 rings (SSSR count). The van der Waals surface area contributed by atoms with Crippen LogP contribution in [0, 0.1) is 11.8 Å². The Balaban J connectivity index is 2.03. The number of benzene rings is 1. The third-order valence-electron chi connectivity index (χ3n) is 3.79. The molecule has 2 atom stereocenters. The van der Waals surface area contributed by atoms with Gasteiger partial charge in [0.2, 0.25) is 0 Å². The van der Waals surface area contributed by atoms with Gasteiger partial charge in [-0.25, -0.2) is 0 Å². The van der Waals surface area contributed by atoms with Gasteiger partial charge in [0.15, 0.2) is 0 Å². The number of hydrogen-bond donors (Lipinski definition) is 1. The second-order valence-electron chi connectivity index (χ2n) is 4.93. The number of nitrogens with one attached hydrogen (secondary N) is 1. The molecule has 104 valence electrons. The Bertz CT molecular complexity index is 416. The first-order chi connectivity index (χ1) is 9.24. The van der Waals surface area contributed by atoms with Crippen LogP contribution in [0.1, 0.15) is 12.0 Å². The van der Waals surface area contributed by atoms with Crippen LogP contribution in [-0.4, -0.2) is 33.3 Å². The predicted octanol–water partition coefficient (Wildman–Crippen LogP) is 1.64. The zero-order chi connectivity index (χ0) is 13.7. The van der Waals surface area contributed by atoms with E-state index in [9.17, 15) is 4.79 Å². The first-order valence-electron chi connectivity index (χ1n) is 6.66. The van der Waals surface area contributed by atoms with Gasteiger partial charge in [0.25, 0.3) is 0 Å². The van der Waals surface area contributed by atoms with Crippen molar-refractivity contribution in [3.05, 3.63) is 29.8 Å². The molecular weight excluding hydrogens is 242 g/mol. The molecule has 1 heterocycles. The maximum absolute atomic E-state index is 11.8. The van der Waals surface area contributed by atoms with Gasteiger partial charge in [-0.1, -0.05) is 12.1 Å². The number of hydrogen-bond acceptors (Lipinski definition) is 4. The van der Waals surface area contributed by atoms with Gasteiger partial charge in [0.1, 0.15) is 5.75 Å². The van der Waals surface area contributed by atoms with Crippen LogP contribution in [0.3, 0.4) is 0 Å². The number of methoxy groups -OCH3 is 2. The molecule has 1 N–H and O–H groups in total. The van der Waals surface area contributed by atoms with Gasteiger partial charge in [-0.2, -0.15) is 0 Å². The molecule has 1 saturated heterocycles. The Morgan fingerprint density at radius 1 is 1.32 bits per heavy atom. The van der Waals surface area contributed by atoms with E-state index in [2.05, 4.69) is 17.4 Å². The van der Waals surface area contributed by atoms with Crippen molar-refractivity contribution in [3.8, 4) is 5.75 Å². The number of carbonyl (C=O) groups is 1. The SMILES string of the molecule is COC(=O)[C@H]1CNCC[C@H]1Cc1ccc(OC)cc1. The minimum absolute atomic E-state index is 0.0409. The Morgan fingerprint density at radius 2 is 2.05 bits per heavy atom. The summed E-state index contributed by atoms with van der Waals surface area (Å²) in [6.07, 6.45) is 1.91. The fourth-order valence-electron chi connectivity index (χ4n) is 2.65. The Kier molecular flexibility index (Phi) is 4.80. The molecule has 0 aromatic heterocycles. The van der Waals surface area contributed by atoms with Crippen molar-refractivity contribution in [3.63, 3.8) is 0 Å². The highest BCUT2D eigenvalue weighted by Crippen LogP contribution is 2.25. The molecule has 1 aromatic carbocycles. The van der Waals surface area contributed by atoms with E-state index in [-0.39, 0.29) is 11.9 Å². The second-order valence-corrected chi connectivity index (χ2v) is 4.93. The normalized spacial score (nSPS) is 22.8. The summed E-state index contributed by atoms with van der Waals surface area (Å²) in [5.74, 6) is 1.06. The number of ether oxygens (including phenoxy) is 2. The summed E-state index contributed by atoms with van der Waals surface area (Å²) in [7, 11) is 3.12. The first kappa shape index (κ1) is 13.9. The van der Waals surface area contributed by atoms with Crippen LogP contribution in [0.25, 0.3) is 0 Å². The summed E-state index contributed by atoms with van der Waals surface area (Å²) in [6.45, 7) is 1.68. The Morgan fingerprint density at radius 3 is 2.68 bits per heavy atom. The molecule has 0 saturated carbocycles. The van der Waals surface area contributed by atoms with Crippen molar-refractivity contribution in [2.75, 3.05) is 27.3 Å². The summed E-state index contributed by atoms with van der Waals surface area (Å²) in [6, 6.07) is 8.05. The van der Waals surface area contributed by atoms with E-state index in [0.29, 0.717) is 12.5 Å². The average Bonchev–Trinajstić information content (AvgIpc) is 2.48. The highest BCUT2D eigenvalue weighted by Gasteiger charge is 2.31. The molecule has 1 aliphatic heterocycles. The summed E-state index contributed by atoms with van der Waals surface area (Å²) < 4.78 is 10.0. The summed E-state index contributed by atoms with van der Waals surface area (Å²) in [4.78, 5) is 11.8. The highest BCUT2D eigenvalue weighted by molar-refractivity contribution is 5.73. The number of piperidine rings is 1. The van der Waals surface area contributed by atoms with Crippen LogP contribution < -0.4 is 10.1 Å². The van der Waals surface area contributed by atoms with E-state index in [0.717, 1.165) is 25.1 Å². The molecule has 0 bridgehead atoms. The summed E-state index contributed by atoms with van der Waals surface area (Å²) in [5.41, 5.74) is 1.24. The molecule has 0 aliphatic carbocycles. The van der Waals surface area contributed by atoms with Gasteiger partial charge in [-0.15, -0.1) is 0 Å². The monoisotopic (exact) mass is 263 g/mol. The fourth-order valence-corrected chi connectivity index (χ4v) is 2.65. The van der Waals surface area contributed by atoms with E-state index in [1.165, 1.54) is 12.7 Å². The second kappa shape index (κ2) is 6.57. The third kappa shape index (κ3) is 3.47. The van der Waals surface area contributed by atoms with E-state index in [4.69, 9.17) is 9.47 Å². The molecule has 0 unspecified atom stereocenters. The van der Waals surface area contributed by atoms with Crippen molar-refractivity contribution in [2.24, 2.45) is 11.8 Å². The van der Waals surface area contributed by atoms with E-state index in [1.54, 1.807) is 7.11 Å². The minimum atomic E-state index is -0.106. The zero-order valence-electron chi connectivity index (χ0n) is 11.5. The molecule has 1 fully saturated rings. The lowest BCUT2D eigenvalue weighted by Crippen LogP contribution is -2.42. The predicted molar refractivity (Wildman–Crippen MR) is 73.2 cm³/mol. The molecule has 1 aliphatic rings. The van der Waals surface area contributed by atoms with Gasteiger partial charge < -0.3 is 14.8 Å². The zero-order valence-corrected chi connectivity index (χ0v) is 11.5. The Labute approximate surface area is 114 Å². The van der Waals surface area contributed by atoms with Crippen molar-refractivity contribution in [1.29, 1.82) is 0 Å². The fraction of sp³-hybridized carbons (Fsp3) is 0.533. The highest BCUT2D eigenvalue weighted by atomic mass is 16.5. The third-order valence-corrected chi connectivity index (χ3v) is 3.79. The smallest absolute Gasteiger partial charge is 0.310 e. The van der Waals surface area contributed by atoms with E-state index >= 15 is 0 Å². The first-order valence-corrected chi connectivity index (χ1v) is 6.66. The topological polar surface area (TPSA) is 47.6 Å². The van der Waals surface area contributed by atoms with Gasteiger partial charge in [0, 0.05) is 6.54 Å². The molecule has 0 amide bonds. The van der Waals surface area contributed by atoms with Crippen molar-refractivity contribution >= 4 is 5.97 Å². The lowest BCUT2D eigenvalue weighted by atomic mass is 9.82. The van der Waals surface area contributed by atoms with Crippen LogP contribution in [-0.2, 0) is 16.0 Å². The van der Waals surface area contributed by atoms with E-state index in [1.807, 2.05) is 12.1 Å². The van der Waals surface area contributed by atoms with Crippen molar-refractivity contribution in [2.45, 2.75) is 12.8 Å². The van der Waals surface area contributed by atoms with Crippen LogP contribution >= 0.6 is 0 Å². The number of carbonyl (C=O) groups excluding carboxylic acids is 1. The van der Waals surface area contributed by atoms with Crippen LogP contribution in [0.15, 0.2) is 24.3 Å². The Hall–Kier alpha value is -1.55. The van der Waals surface area contributed by atoms with Gasteiger partial charge in [-0.3, -0.25) is 4.79 Å². The molecule has 0 radical (unpaired) electrons. The van der Waals surface area contributed by atoms with Crippen molar-refractivity contribution in [1.82, 2.24) is 5.32 Å². The van der Waals surface area contributed by atoms with Crippen LogP contribution in [0.2, 0.25) is 0 Å². The maximum Gasteiger partial charge on any atom is 0.310 e. The lowest BCUT2D eigenvalue weighted by Gasteiger charge is -2.30. The minimum Gasteiger partial charge on any atom is -0.497 e. The summed E-state index contributed by atoms with van der Waals surface area (Å²) >= 11 is 0. The molecule has 1 aromatic rings. The summed E-state index contributed by atoms with van der Waals surface area (Å²) in [5, 5.41) is 3.26. The van der Waals surface area contributed by atoms with Crippen LogP contribution in [0.4, 0.5) is 0 Å². The van der Waals surface area contributed by atoms with E-state index < -0.39 is 0 Å². The largest absolute Gasteiger partial charge is 0.497 e. The van der Waals surface area contributed by atoms with Gasteiger partial charge >= 0.3 is 5.97 Å².